The number of rotatable bonds is 10. The molecule has 2 unspecified atom stereocenters. The van der Waals surface area contributed by atoms with E-state index in [4.69, 9.17) is 4.74 Å². The molecule has 7 aliphatic rings. The highest BCUT2D eigenvalue weighted by Crippen LogP contribution is 2.61. The molecule has 7 rings (SSSR count). The summed E-state index contributed by atoms with van der Waals surface area (Å²) in [5, 5.41) is 10.6. The number of piperazine rings is 1. The normalized spacial score (nSPS) is 38.5. The summed E-state index contributed by atoms with van der Waals surface area (Å²) in [5.74, 6) is 3.87. The van der Waals surface area contributed by atoms with Crippen molar-refractivity contribution in [3.63, 3.8) is 0 Å². The molecule has 35 heavy (non-hydrogen) atoms. The Morgan fingerprint density at radius 3 is 2.34 bits per heavy atom. The molecule has 0 aromatic rings. The first-order valence-electron chi connectivity index (χ1n) is 14.9. The molecule has 0 amide bonds. The minimum absolute atomic E-state index is 0.350. The number of nitrogens with zero attached hydrogens (tertiary/aromatic N) is 3. The largest absolute Gasteiger partial charge is 0.389 e. The molecule has 5 heteroatoms. The van der Waals surface area contributed by atoms with Crippen molar-refractivity contribution < 1.29 is 9.84 Å². The number of likely N-dealkylation sites (tertiary alicyclic amines) is 1. The SMILES string of the molecule is OC(COCCC12CC3CC(CC(C3)C1)C2)CN1CCN(CCN2CCC3CC=CC=C3C2)CC1. The van der Waals surface area contributed by atoms with Crippen LogP contribution in [-0.4, -0.2) is 98.0 Å². The molecule has 2 atom stereocenters. The summed E-state index contributed by atoms with van der Waals surface area (Å²) in [5.41, 5.74) is 2.24. The molecule has 0 spiro atoms. The monoisotopic (exact) mass is 483 g/mol. The van der Waals surface area contributed by atoms with Crippen LogP contribution in [0.15, 0.2) is 23.8 Å². The Morgan fingerprint density at radius 2 is 1.60 bits per heavy atom. The smallest absolute Gasteiger partial charge is 0.0900 e. The van der Waals surface area contributed by atoms with Crippen molar-refractivity contribution in [3.8, 4) is 0 Å². The van der Waals surface area contributed by atoms with Gasteiger partial charge in [0.2, 0.25) is 0 Å². The predicted octanol–water partition coefficient (Wildman–Crippen LogP) is 3.80. The highest BCUT2D eigenvalue weighted by Gasteiger charge is 2.50. The number of β-amino-alcohol motifs (C(OH)–C–C–N with tert-alkyl or cyclic N) is 1. The molecule has 2 aliphatic heterocycles. The minimum atomic E-state index is -0.350. The first-order chi connectivity index (χ1) is 17.1. The lowest BCUT2D eigenvalue weighted by molar-refractivity contribution is -0.0744. The van der Waals surface area contributed by atoms with E-state index in [2.05, 4.69) is 32.9 Å². The molecule has 0 aromatic heterocycles. The molecule has 196 valence electrons. The first-order valence-corrected chi connectivity index (χ1v) is 14.9. The lowest BCUT2D eigenvalue weighted by Crippen LogP contribution is -2.51. The summed E-state index contributed by atoms with van der Waals surface area (Å²) in [6.07, 6.45) is 19.3. The molecular formula is C30H49N3O2. The molecule has 6 fully saturated rings. The van der Waals surface area contributed by atoms with E-state index in [1.165, 1.54) is 84.0 Å². The topological polar surface area (TPSA) is 39.2 Å². The Balaban J connectivity index is 0.838. The van der Waals surface area contributed by atoms with Gasteiger partial charge in [0.15, 0.2) is 0 Å². The Bertz CT molecular complexity index is 736. The van der Waals surface area contributed by atoms with Crippen LogP contribution in [0, 0.1) is 29.1 Å². The standard InChI is InChI=1S/C30H49N3O2/c34-29(23-35-14-6-30-18-24-15-25(19-30)17-26(16-24)20-30)22-33-12-9-31(10-13-33)8-11-32-7-5-27-3-1-2-4-28(27)21-32/h1-2,4,24-27,29,34H,3,5-23H2. The first kappa shape index (κ1) is 24.6. The van der Waals surface area contributed by atoms with Crippen molar-refractivity contribution in [2.75, 3.05) is 72.1 Å². The van der Waals surface area contributed by atoms with E-state index in [1.807, 2.05) is 0 Å². The van der Waals surface area contributed by atoms with Crippen molar-refractivity contribution in [2.24, 2.45) is 29.1 Å². The average Bonchev–Trinajstić information content (AvgIpc) is 2.85. The van der Waals surface area contributed by atoms with Crippen LogP contribution in [0.5, 0.6) is 0 Å². The van der Waals surface area contributed by atoms with Crippen molar-refractivity contribution >= 4 is 0 Å². The lowest BCUT2D eigenvalue weighted by Gasteiger charge is -2.57. The van der Waals surface area contributed by atoms with E-state index >= 15 is 0 Å². The highest BCUT2D eigenvalue weighted by molar-refractivity contribution is 5.23. The number of hydrogen-bond donors (Lipinski definition) is 1. The fraction of sp³-hybridized carbons (Fsp3) is 0.867. The van der Waals surface area contributed by atoms with Gasteiger partial charge < -0.3 is 9.84 Å². The highest BCUT2D eigenvalue weighted by atomic mass is 16.5. The fourth-order valence-electron chi connectivity index (χ4n) is 9.01. The number of ether oxygens (including phenoxy) is 1. The molecule has 2 saturated heterocycles. The Labute approximate surface area is 213 Å². The fourth-order valence-corrected chi connectivity index (χ4v) is 9.01. The van der Waals surface area contributed by atoms with Gasteiger partial charge in [0.05, 0.1) is 12.7 Å². The zero-order chi connectivity index (χ0) is 23.7. The van der Waals surface area contributed by atoms with Crippen LogP contribution in [0.4, 0.5) is 0 Å². The minimum Gasteiger partial charge on any atom is -0.389 e. The maximum absolute atomic E-state index is 10.6. The van der Waals surface area contributed by atoms with Gasteiger partial charge in [-0.1, -0.05) is 23.8 Å². The number of fused-ring (bicyclic) bond motifs is 1. The Kier molecular flexibility index (Phi) is 7.70. The summed E-state index contributed by atoms with van der Waals surface area (Å²) in [6, 6.07) is 0. The molecule has 5 aliphatic carbocycles. The van der Waals surface area contributed by atoms with Crippen LogP contribution in [0.2, 0.25) is 0 Å². The third-order valence-electron chi connectivity index (χ3n) is 10.5. The zero-order valence-electron chi connectivity index (χ0n) is 22.0. The maximum atomic E-state index is 10.6. The molecule has 5 nitrogen and oxygen atoms in total. The van der Waals surface area contributed by atoms with Gasteiger partial charge in [-0.15, -0.1) is 0 Å². The number of hydrogen-bond acceptors (Lipinski definition) is 5. The second-order valence-corrected chi connectivity index (χ2v) is 13.2. The van der Waals surface area contributed by atoms with Crippen molar-refractivity contribution in [2.45, 2.75) is 63.9 Å². The second kappa shape index (κ2) is 10.9. The summed E-state index contributed by atoms with van der Waals surface area (Å²) in [7, 11) is 0. The van der Waals surface area contributed by atoms with E-state index in [9.17, 15) is 5.11 Å². The van der Waals surface area contributed by atoms with Crippen molar-refractivity contribution in [3.05, 3.63) is 23.8 Å². The quantitative estimate of drug-likeness (QED) is 0.479. The summed E-state index contributed by atoms with van der Waals surface area (Å²) >= 11 is 0. The van der Waals surface area contributed by atoms with Gasteiger partial charge in [0.25, 0.3) is 0 Å². The van der Waals surface area contributed by atoms with Crippen LogP contribution in [0.25, 0.3) is 0 Å². The molecule has 1 N–H and O–H groups in total. The molecule has 2 heterocycles. The van der Waals surface area contributed by atoms with Crippen LogP contribution in [0.1, 0.15) is 57.8 Å². The van der Waals surface area contributed by atoms with E-state index in [-0.39, 0.29) is 6.10 Å². The number of aliphatic hydroxyl groups is 1. The van der Waals surface area contributed by atoms with Gasteiger partial charge in [0, 0.05) is 59.0 Å². The molecule has 4 bridgehead atoms. The van der Waals surface area contributed by atoms with Crippen LogP contribution in [-0.2, 0) is 4.74 Å². The number of allylic oxidation sites excluding steroid dienone is 3. The van der Waals surface area contributed by atoms with Gasteiger partial charge in [-0.05, 0) is 93.4 Å². The average molecular weight is 484 g/mol. The van der Waals surface area contributed by atoms with E-state index in [0.29, 0.717) is 12.0 Å². The number of piperidine rings is 1. The van der Waals surface area contributed by atoms with Crippen molar-refractivity contribution in [1.82, 2.24) is 14.7 Å². The molecule has 0 radical (unpaired) electrons. The maximum Gasteiger partial charge on any atom is 0.0900 e. The number of aliphatic hydroxyl groups excluding tert-OH is 1. The molecule has 0 aromatic carbocycles. The summed E-state index contributed by atoms with van der Waals surface area (Å²) < 4.78 is 6.04. The van der Waals surface area contributed by atoms with Gasteiger partial charge in [-0.2, -0.15) is 0 Å². The van der Waals surface area contributed by atoms with E-state index in [0.717, 1.165) is 63.0 Å². The summed E-state index contributed by atoms with van der Waals surface area (Å²) in [4.78, 5) is 7.71. The molecular weight excluding hydrogens is 434 g/mol. The third-order valence-corrected chi connectivity index (χ3v) is 10.5. The van der Waals surface area contributed by atoms with Gasteiger partial charge in [-0.3, -0.25) is 14.7 Å². The lowest BCUT2D eigenvalue weighted by atomic mass is 9.49. The Morgan fingerprint density at radius 1 is 0.914 bits per heavy atom. The van der Waals surface area contributed by atoms with E-state index < -0.39 is 0 Å². The van der Waals surface area contributed by atoms with Gasteiger partial charge in [0.1, 0.15) is 0 Å². The van der Waals surface area contributed by atoms with Gasteiger partial charge in [-0.25, -0.2) is 0 Å². The second-order valence-electron chi connectivity index (χ2n) is 13.2. The Hall–Kier alpha value is -0.720. The third kappa shape index (κ3) is 6.06. The summed E-state index contributed by atoms with van der Waals surface area (Å²) in [6.45, 7) is 11.3. The predicted molar refractivity (Wildman–Crippen MR) is 141 cm³/mol. The van der Waals surface area contributed by atoms with Crippen molar-refractivity contribution in [1.29, 1.82) is 0 Å². The zero-order valence-corrected chi connectivity index (χ0v) is 22.0. The van der Waals surface area contributed by atoms with Crippen LogP contribution >= 0.6 is 0 Å². The van der Waals surface area contributed by atoms with Gasteiger partial charge >= 0.3 is 0 Å². The molecule has 4 saturated carbocycles. The van der Waals surface area contributed by atoms with E-state index in [1.54, 1.807) is 5.57 Å². The van der Waals surface area contributed by atoms with Crippen LogP contribution < -0.4 is 0 Å². The van der Waals surface area contributed by atoms with Crippen LogP contribution in [0.3, 0.4) is 0 Å².